The molecule has 0 fully saturated rings. The average Bonchev–Trinajstić information content (AvgIpc) is 3.47. The molecule has 0 bridgehead atoms. The van der Waals surface area contributed by atoms with Crippen LogP contribution in [-0.4, -0.2) is 28.0 Å². The van der Waals surface area contributed by atoms with E-state index in [4.69, 9.17) is 25.9 Å². The molecule has 0 spiro atoms. The van der Waals surface area contributed by atoms with Gasteiger partial charge in [-0.2, -0.15) is 5.10 Å². The highest BCUT2D eigenvalue weighted by Crippen LogP contribution is 2.32. The van der Waals surface area contributed by atoms with Gasteiger partial charge in [-0.05, 0) is 48.5 Å². The van der Waals surface area contributed by atoms with Gasteiger partial charge in [0.2, 0.25) is 0 Å². The quantitative estimate of drug-likeness (QED) is 0.298. The molecule has 0 amide bonds. The Morgan fingerprint density at radius 1 is 1.09 bits per heavy atom. The molecule has 0 aliphatic carbocycles. The van der Waals surface area contributed by atoms with Gasteiger partial charge in [-0.25, -0.2) is 4.68 Å². The second-order valence-corrected chi connectivity index (χ2v) is 8.36. The maximum absolute atomic E-state index is 12.3. The number of carboxylic acids is 1. The average molecular weight is 473 g/mol. The number of methoxy groups -OCH3 is 1. The maximum atomic E-state index is 12.3. The van der Waals surface area contributed by atoms with Gasteiger partial charge in [-0.3, -0.25) is 4.79 Å². The molecule has 0 saturated heterocycles. The lowest BCUT2D eigenvalue weighted by Crippen LogP contribution is -2.14. The molecule has 6 nitrogen and oxygen atoms in total. The van der Waals surface area contributed by atoms with E-state index in [1.165, 1.54) is 6.26 Å². The zero-order valence-corrected chi connectivity index (χ0v) is 19.1. The molecule has 170 valence electrons. The summed E-state index contributed by atoms with van der Waals surface area (Å²) in [6.07, 6.45) is 1.74. The first-order valence-corrected chi connectivity index (χ1v) is 11.1. The van der Waals surface area contributed by atoms with Crippen molar-refractivity contribution in [2.24, 2.45) is 0 Å². The fourth-order valence-electron chi connectivity index (χ4n) is 4.08. The van der Waals surface area contributed by atoms with Gasteiger partial charge < -0.3 is 14.3 Å². The number of rotatable bonds is 7. The molecule has 1 unspecified atom stereocenters. The molecular weight excluding hydrogens is 452 g/mol. The van der Waals surface area contributed by atoms with Gasteiger partial charge in [0.25, 0.3) is 0 Å². The van der Waals surface area contributed by atoms with Crippen LogP contribution in [0.5, 0.6) is 5.75 Å². The molecule has 0 saturated carbocycles. The first-order chi connectivity index (χ1) is 16.5. The molecule has 2 heterocycles. The summed E-state index contributed by atoms with van der Waals surface area (Å²) < 4.78 is 12.7. The third kappa shape index (κ3) is 4.16. The number of hydrogen-bond acceptors (Lipinski definition) is 4. The molecule has 0 radical (unpaired) electrons. The Morgan fingerprint density at radius 3 is 2.53 bits per heavy atom. The summed E-state index contributed by atoms with van der Waals surface area (Å²) in [4.78, 5) is 12.3. The summed E-state index contributed by atoms with van der Waals surface area (Å²) in [5, 5.41) is 16.3. The second kappa shape index (κ2) is 9.08. The number of nitrogens with zero attached hydrogens (tertiary/aromatic N) is 2. The third-order valence-corrected chi connectivity index (χ3v) is 6.07. The lowest BCUT2D eigenvalue weighted by atomic mass is 9.93. The number of aromatic nitrogens is 2. The summed E-state index contributed by atoms with van der Waals surface area (Å²) in [5.74, 6) is -0.999. The van der Waals surface area contributed by atoms with Crippen LogP contribution in [0.3, 0.4) is 0 Å². The van der Waals surface area contributed by atoms with Crippen molar-refractivity contribution >= 4 is 28.5 Å². The van der Waals surface area contributed by atoms with E-state index in [1.54, 1.807) is 7.11 Å². The molecule has 0 aliphatic heterocycles. The molecule has 3 aromatic carbocycles. The first-order valence-electron chi connectivity index (χ1n) is 10.7. The lowest BCUT2D eigenvalue weighted by Gasteiger charge is -2.10. The molecule has 2 aromatic heterocycles. The summed E-state index contributed by atoms with van der Waals surface area (Å²) in [6.45, 7) is 0. The Labute approximate surface area is 201 Å². The lowest BCUT2D eigenvalue weighted by molar-refractivity contribution is -0.138. The SMILES string of the molecule is COc1ccc(-n2nc(CC(C(=O)O)c3coc4ccccc34)cc2-c2ccc(Cl)cc2)cc1. The van der Waals surface area contributed by atoms with Crippen molar-refractivity contribution in [1.29, 1.82) is 0 Å². The van der Waals surface area contributed by atoms with Crippen LogP contribution in [0, 0.1) is 0 Å². The number of halogens is 1. The first kappa shape index (κ1) is 21.8. The fourth-order valence-corrected chi connectivity index (χ4v) is 4.21. The molecule has 5 aromatic rings. The van der Waals surface area contributed by atoms with E-state index in [1.807, 2.05) is 83.5 Å². The maximum Gasteiger partial charge on any atom is 0.311 e. The van der Waals surface area contributed by atoms with Gasteiger partial charge in [0.05, 0.1) is 36.4 Å². The van der Waals surface area contributed by atoms with Crippen molar-refractivity contribution in [1.82, 2.24) is 9.78 Å². The smallest absolute Gasteiger partial charge is 0.311 e. The zero-order valence-electron chi connectivity index (χ0n) is 18.3. The minimum Gasteiger partial charge on any atom is -0.497 e. The molecule has 5 rings (SSSR count). The minimum absolute atomic E-state index is 0.211. The minimum atomic E-state index is -0.932. The number of hydrogen-bond donors (Lipinski definition) is 1. The van der Waals surface area contributed by atoms with Crippen LogP contribution in [0.25, 0.3) is 27.9 Å². The van der Waals surface area contributed by atoms with Crippen molar-refractivity contribution < 1.29 is 19.1 Å². The number of fused-ring (bicyclic) bond motifs is 1. The molecule has 1 N–H and O–H groups in total. The van der Waals surface area contributed by atoms with Crippen LogP contribution in [0.2, 0.25) is 5.02 Å². The van der Waals surface area contributed by atoms with Crippen LogP contribution in [0.15, 0.2) is 89.5 Å². The van der Waals surface area contributed by atoms with Gasteiger partial charge in [0, 0.05) is 28.0 Å². The van der Waals surface area contributed by atoms with Gasteiger partial charge in [-0.15, -0.1) is 0 Å². The highest BCUT2D eigenvalue weighted by molar-refractivity contribution is 6.30. The number of benzene rings is 3. The summed E-state index contributed by atoms with van der Waals surface area (Å²) >= 11 is 6.09. The largest absolute Gasteiger partial charge is 0.497 e. The van der Waals surface area contributed by atoms with Crippen molar-refractivity contribution in [3.63, 3.8) is 0 Å². The number of aliphatic carboxylic acids is 1. The predicted octanol–water partition coefficient (Wildman–Crippen LogP) is 6.36. The van der Waals surface area contributed by atoms with Gasteiger partial charge in [0.15, 0.2) is 0 Å². The van der Waals surface area contributed by atoms with E-state index in [0.29, 0.717) is 21.9 Å². The van der Waals surface area contributed by atoms with E-state index in [0.717, 1.165) is 28.1 Å². The topological polar surface area (TPSA) is 77.5 Å². The number of furan rings is 1. The van der Waals surface area contributed by atoms with Gasteiger partial charge in [0.1, 0.15) is 11.3 Å². The van der Waals surface area contributed by atoms with E-state index in [2.05, 4.69) is 0 Å². The monoisotopic (exact) mass is 472 g/mol. The Kier molecular flexibility index (Phi) is 5.82. The fraction of sp³-hybridized carbons (Fsp3) is 0.111. The third-order valence-electron chi connectivity index (χ3n) is 5.81. The molecule has 0 aliphatic rings. The molecule has 7 heteroatoms. The van der Waals surface area contributed by atoms with Crippen LogP contribution in [0.1, 0.15) is 17.2 Å². The Morgan fingerprint density at radius 2 is 1.82 bits per heavy atom. The Balaban J connectivity index is 1.58. The normalized spacial score (nSPS) is 12.1. The number of carbonyl (C=O) groups is 1. The molecular formula is C27H21ClN2O4. The van der Waals surface area contributed by atoms with Crippen LogP contribution >= 0.6 is 11.6 Å². The summed E-state index contributed by atoms with van der Waals surface area (Å²) in [5.41, 5.74) is 4.53. The summed E-state index contributed by atoms with van der Waals surface area (Å²) in [6, 6.07) is 24.4. The van der Waals surface area contributed by atoms with E-state index in [-0.39, 0.29) is 6.42 Å². The van der Waals surface area contributed by atoms with Gasteiger partial charge >= 0.3 is 5.97 Å². The van der Waals surface area contributed by atoms with Crippen molar-refractivity contribution in [2.45, 2.75) is 12.3 Å². The zero-order chi connectivity index (χ0) is 23.7. The Hall–Kier alpha value is -4.03. The van der Waals surface area contributed by atoms with Crippen molar-refractivity contribution in [3.8, 4) is 22.7 Å². The predicted molar refractivity (Wildman–Crippen MR) is 131 cm³/mol. The highest BCUT2D eigenvalue weighted by Gasteiger charge is 2.26. The number of para-hydroxylation sites is 1. The van der Waals surface area contributed by atoms with Crippen molar-refractivity contribution in [2.75, 3.05) is 7.11 Å². The van der Waals surface area contributed by atoms with Crippen LogP contribution in [-0.2, 0) is 11.2 Å². The van der Waals surface area contributed by atoms with E-state index < -0.39 is 11.9 Å². The van der Waals surface area contributed by atoms with E-state index in [9.17, 15) is 9.90 Å². The number of ether oxygens (including phenoxy) is 1. The Bertz CT molecular complexity index is 1450. The van der Waals surface area contributed by atoms with E-state index >= 15 is 0 Å². The van der Waals surface area contributed by atoms with Gasteiger partial charge in [-0.1, -0.05) is 41.9 Å². The highest BCUT2D eigenvalue weighted by atomic mass is 35.5. The second-order valence-electron chi connectivity index (χ2n) is 7.92. The summed E-state index contributed by atoms with van der Waals surface area (Å²) in [7, 11) is 1.62. The number of carboxylic acid groups (broad SMARTS) is 1. The van der Waals surface area contributed by atoms with Crippen LogP contribution in [0.4, 0.5) is 0 Å². The standard InChI is InChI=1S/C27H21ClN2O4/c1-33-21-12-10-20(11-13-21)30-25(17-6-8-18(28)9-7-17)15-19(29-30)14-23(27(31)32)24-16-34-26-5-3-2-4-22(24)26/h2-13,15-16,23H,14H2,1H3,(H,31,32). The molecule has 1 atom stereocenters. The molecule has 34 heavy (non-hydrogen) atoms. The van der Waals surface area contributed by atoms with Crippen LogP contribution < -0.4 is 4.74 Å². The van der Waals surface area contributed by atoms with Crippen molar-refractivity contribution in [3.05, 3.63) is 101 Å².